The van der Waals surface area contributed by atoms with Crippen molar-refractivity contribution in [1.82, 2.24) is 25.1 Å². The third-order valence-corrected chi connectivity index (χ3v) is 4.49. The smallest absolute Gasteiger partial charge is 0.274 e. The standard InChI is InChI=1S/C18H29N5O3/c1-3-15(2)21-17(24)4-7-23(9-8-22-10-12-26-13-11-22)18(25)16-14-19-5-6-20-16/h5-6,14-15H,3-4,7-13H2,1-2H3,(H,21,24)/t15-/m1/s1. The molecule has 2 rings (SSSR count). The number of aromatic nitrogens is 2. The van der Waals surface area contributed by atoms with Crippen LogP contribution in [0.15, 0.2) is 18.6 Å². The Morgan fingerprint density at radius 3 is 2.73 bits per heavy atom. The van der Waals surface area contributed by atoms with Gasteiger partial charge >= 0.3 is 0 Å². The van der Waals surface area contributed by atoms with Crippen LogP contribution in [-0.2, 0) is 9.53 Å². The van der Waals surface area contributed by atoms with Crippen molar-refractivity contribution in [2.75, 3.05) is 45.9 Å². The van der Waals surface area contributed by atoms with E-state index in [1.165, 1.54) is 18.6 Å². The number of carbonyl (C=O) groups excluding carboxylic acids is 2. The van der Waals surface area contributed by atoms with Crippen molar-refractivity contribution in [3.63, 3.8) is 0 Å². The quantitative estimate of drug-likeness (QED) is 0.690. The fourth-order valence-corrected chi connectivity index (χ4v) is 2.66. The van der Waals surface area contributed by atoms with Crippen molar-refractivity contribution in [1.29, 1.82) is 0 Å². The molecule has 1 fully saturated rings. The van der Waals surface area contributed by atoms with Gasteiger partial charge in [0.05, 0.1) is 19.4 Å². The second-order valence-electron chi connectivity index (χ2n) is 6.46. The summed E-state index contributed by atoms with van der Waals surface area (Å²) in [6, 6.07) is 0.139. The highest BCUT2D eigenvalue weighted by Gasteiger charge is 2.20. The van der Waals surface area contributed by atoms with Gasteiger partial charge in [-0.1, -0.05) is 6.92 Å². The molecule has 1 aliphatic heterocycles. The number of nitrogens with one attached hydrogen (secondary N) is 1. The molecule has 0 saturated carbocycles. The number of morpholine rings is 1. The van der Waals surface area contributed by atoms with Crippen LogP contribution < -0.4 is 5.32 Å². The molecule has 144 valence electrons. The minimum absolute atomic E-state index is 0.0392. The average Bonchev–Trinajstić information content (AvgIpc) is 2.69. The Balaban J connectivity index is 1.93. The molecule has 2 heterocycles. The molecule has 8 nitrogen and oxygen atoms in total. The maximum Gasteiger partial charge on any atom is 0.274 e. The largest absolute Gasteiger partial charge is 0.379 e. The summed E-state index contributed by atoms with van der Waals surface area (Å²) >= 11 is 0. The van der Waals surface area contributed by atoms with Crippen molar-refractivity contribution < 1.29 is 14.3 Å². The lowest BCUT2D eigenvalue weighted by molar-refractivity contribution is -0.121. The Morgan fingerprint density at radius 1 is 1.31 bits per heavy atom. The van der Waals surface area contributed by atoms with Crippen LogP contribution in [0.25, 0.3) is 0 Å². The van der Waals surface area contributed by atoms with Crippen LogP contribution in [0.1, 0.15) is 37.2 Å². The molecule has 0 spiro atoms. The molecule has 1 aliphatic rings. The van der Waals surface area contributed by atoms with Crippen LogP contribution in [0.5, 0.6) is 0 Å². The van der Waals surface area contributed by atoms with E-state index in [0.29, 0.717) is 18.8 Å². The molecule has 0 bridgehead atoms. The number of nitrogens with zero attached hydrogens (tertiary/aromatic N) is 4. The molecule has 1 N–H and O–H groups in total. The van der Waals surface area contributed by atoms with Gasteiger partial charge in [0.1, 0.15) is 5.69 Å². The van der Waals surface area contributed by atoms with Crippen molar-refractivity contribution in [3.8, 4) is 0 Å². The van der Waals surface area contributed by atoms with Gasteiger partial charge < -0.3 is 15.0 Å². The number of hydrogen-bond acceptors (Lipinski definition) is 6. The highest BCUT2D eigenvalue weighted by Crippen LogP contribution is 2.04. The van der Waals surface area contributed by atoms with Gasteiger partial charge in [0.2, 0.25) is 5.91 Å². The third-order valence-electron chi connectivity index (χ3n) is 4.49. The summed E-state index contributed by atoms with van der Waals surface area (Å²) in [5, 5.41) is 2.94. The topological polar surface area (TPSA) is 87.7 Å². The van der Waals surface area contributed by atoms with Crippen molar-refractivity contribution in [2.45, 2.75) is 32.7 Å². The molecule has 26 heavy (non-hydrogen) atoms. The SMILES string of the molecule is CC[C@@H](C)NC(=O)CCN(CCN1CCOCC1)C(=O)c1cnccn1. The lowest BCUT2D eigenvalue weighted by Crippen LogP contribution is -2.44. The predicted molar refractivity (Wildman–Crippen MR) is 97.7 cm³/mol. The van der Waals surface area contributed by atoms with Crippen molar-refractivity contribution in [2.24, 2.45) is 0 Å². The van der Waals surface area contributed by atoms with Gasteiger partial charge in [-0.25, -0.2) is 4.98 Å². The molecular formula is C18H29N5O3. The number of rotatable bonds is 9. The van der Waals surface area contributed by atoms with Gasteiger partial charge in [-0.2, -0.15) is 0 Å². The highest BCUT2D eigenvalue weighted by molar-refractivity contribution is 5.92. The number of carbonyl (C=O) groups is 2. The number of ether oxygens (including phenoxy) is 1. The molecule has 1 atom stereocenters. The maximum atomic E-state index is 12.8. The van der Waals surface area contributed by atoms with Crippen LogP contribution in [0.4, 0.5) is 0 Å². The summed E-state index contributed by atoms with van der Waals surface area (Å²) in [6.45, 7) is 8.82. The van der Waals surface area contributed by atoms with E-state index >= 15 is 0 Å². The van der Waals surface area contributed by atoms with E-state index < -0.39 is 0 Å². The first-order valence-corrected chi connectivity index (χ1v) is 9.25. The Bertz CT molecular complexity index is 563. The van der Waals surface area contributed by atoms with Gasteiger partial charge in [-0.15, -0.1) is 0 Å². The van der Waals surface area contributed by atoms with Crippen molar-refractivity contribution >= 4 is 11.8 Å². The fourth-order valence-electron chi connectivity index (χ4n) is 2.66. The molecule has 0 unspecified atom stereocenters. The molecule has 0 aromatic carbocycles. The Labute approximate surface area is 154 Å². The first kappa shape index (κ1) is 20.3. The minimum atomic E-state index is -0.192. The summed E-state index contributed by atoms with van der Waals surface area (Å²) in [5.41, 5.74) is 0.303. The van der Waals surface area contributed by atoms with E-state index in [9.17, 15) is 9.59 Å². The summed E-state index contributed by atoms with van der Waals surface area (Å²) in [7, 11) is 0. The molecule has 2 amide bonds. The first-order chi connectivity index (χ1) is 12.6. The zero-order chi connectivity index (χ0) is 18.8. The molecule has 1 aromatic rings. The summed E-state index contributed by atoms with van der Waals surface area (Å²) < 4.78 is 5.36. The minimum Gasteiger partial charge on any atom is -0.379 e. The second-order valence-corrected chi connectivity index (χ2v) is 6.46. The maximum absolute atomic E-state index is 12.8. The van der Waals surface area contributed by atoms with Gasteiger partial charge in [0.25, 0.3) is 5.91 Å². The molecule has 0 aliphatic carbocycles. The van der Waals surface area contributed by atoms with Crippen LogP contribution in [0.2, 0.25) is 0 Å². The van der Waals surface area contributed by atoms with Crippen LogP contribution in [0, 0.1) is 0 Å². The van der Waals surface area contributed by atoms with E-state index in [2.05, 4.69) is 20.2 Å². The predicted octanol–water partition coefficient (Wildman–Crippen LogP) is 0.556. The number of hydrogen-bond donors (Lipinski definition) is 1. The lowest BCUT2D eigenvalue weighted by Gasteiger charge is -2.30. The highest BCUT2D eigenvalue weighted by atomic mass is 16.5. The zero-order valence-corrected chi connectivity index (χ0v) is 15.7. The van der Waals surface area contributed by atoms with Gasteiger partial charge in [-0.3, -0.25) is 19.5 Å². The van der Waals surface area contributed by atoms with E-state index in [0.717, 1.165) is 39.3 Å². The van der Waals surface area contributed by atoms with Crippen molar-refractivity contribution in [3.05, 3.63) is 24.3 Å². The van der Waals surface area contributed by atoms with Crippen LogP contribution in [-0.4, -0.2) is 83.6 Å². The molecule has 1 saturated heterocycles. The average molecular weight is 363 g/mol. The Morgan fingerprint density at radius 2 is 2.08 bits per heavy atom. The molecule has 8 heteroatoms. The monoisotopic (exact) mass is 363 g/mol. The van der Waals surface area contributed by atoms with E-state index in [-0.39, 0.29) is 24.3 Å². The summed E-state index contributed by atoms with van der Waals surface area (Å²) in [6.07, 6.45) is 5.66. The summed E-state index contributed by atoms with van der Waals surface area (Å²) in [4.78, 5) is 36.9. The zero-order valence-electron chi connectivity index (χ0n) is 15.7. The van der Waals surface area contributed by atoms with Gasteiger partial charge in [0, 0.05) is 57.6 Å². The summed E-state index contributed by atoms with van der Waals surface area (Å²) in [5.74, 6) is -0.231. The van der Waals surface area contributed by atoms with E-state index in [4.69, 9.17) is 4.74 Å². The molecule has 0 radical (unpaired) electrons. The van der Waals surface area contributed by atoms with Crippen LogP contribution in [0.3, 0.4) is 0 Å². The second kappa shape index (κ2) is 10.8. The van der Waals surface area contributed by atoms with E-state index in [1.54, 1.807) is 4.90 Å². The van der Waals surface area contributed by atoms with Crippen LogP contribution >= 0.6 is 0 Å². The van der Waals surface area contributed by atoms with Gasteiger partial charge in [0.15, 0.2) is 0 Å². The first-order valence-electron chi connectivity index (χ1n) is 9.25. The van der Waals surface area contributed by atoms with Gasteiger partial charge in [-0.05, 0) is 13.3 Å². The normalized spacial score (nSPS) is 16.1. The lowest BCUT2D eigenvalue weighted by atomic mass is 10.2. The Hall–Kier alpha value is -2.06. The fraction of sp³-hybridized carbons (Fsp3) is 0.667. The number of amides is 2. The molecular weight excluding hydrogens is 334 g/mol. The van der Waals surface area contributed by atoms with E-state index in [1.807, 2.05) is 13.8 Å². The third kappa shape index (κ3) is 6.68. The molecule has 1 aromatic heterocycles. The Kier molecular flexibility index (Phi) is 8.43.